The van der Waals surface area contributed by atoms with Crippen molar-refractivity contribution in [3.8, 4) is 0 Å². The topological polar surface area (TPSA) is 20.3 Å². The van der Waals surface area contributed by atoms with Gasteiger partial charge < -0.3 is 4.90 Å². The van der Waals surface area contributed by atoms with Gasteiger partial charge in [0.15, 0.2) is 0 Å². The van der Waals surface area contributed by atoms with Crippen LogP contribution in [0, 0.1) is 0 Å². The molecule has 3 heteroatoms. The third-order valence-corrected chi connectivity index (χ3v) is 5.52. The molecule has 3 rings (SSSR count). The van der Waals surface area contributed by atoms with Crippen molar-refractivity contribution in [1.82, 2.24) is 4.90 Å². The summed E-state index contributed by atoms with van der Waals surface area (Å²) in [4.78, 5) is 16.4. The fourth-order valence-corrected chi connectivity index (χ4v) is 3.75. The average molecular weight is 337 g/mol. The van der Waals surface area contributed by atoms with Crippen LogP contribution in [0.5, 0.6) is 0 Å². The van der Waals surface area contributed by atoms with Crippen LogP contribution in [0.2, 0.25) is 0 Å². The van der Waals surface area contributed by atoms with Gasteiger partial charge in [-0.2, -0.15) is 0 Å². The number of nitrogens with zero attached hydrogens (tertiary/aromatic N) is 1. The van der Waals surface area contributed by atoms with Crippen LogP contribution in [-0.4, -0.2) is 23.6 Å². The molecule has 0 atom stereocenters. The molecule has 0 saturated carbocycles. The smallest absolute Gasteiger partial charge is 0.255 e. The Morgan fingerprint density at radius 3 is 2.42 bits per heavy atom. The zero-order chi connectivity index (χ0) is 17.3. The average Bonchev–Trinajstić information content (AvgIpc) is 2.91. The molecule has 0 saturated heterocycles. The van der Waals surface area contributed by atoms with E-state index in [1.54, 1.807) is 11.8 Å². The molecular formula is C21H23NOS. The minimum absolute atomic E-state index is 0.123. The summed E-state index contributed by atoms with van der Waals surface area (Å²) in [7, 11) is 0. The van der Waals surface area contributed by atoms with Crippen molar-refractivity contribution in [2.45, 2.75) is 31.2 Å². The normalized spacial score (nSPS) is 15.3. The molecule has 0 N–H and O–H groups in total. The van der Waals surface area contributed by atoms with Crippen molar-refractivity contribution in [2.24, 2.45) is 0 Å². The summed E-state index contributed by atoms with van der Waals surface area (Å²) in [6, 6.07) is 18.5. The summed E-state index contributed by atoms with van der Waals surface area (Å²) in [5.41, 5.74) is 3.83. The van der Waals surface area contributed by atoms with Gasteiger partial charge in [0.25, 0.3) is 5.91 Å². The molecule has 1 aliphatic heterocycles. The summed E-state index contributed by atoms with van der Waals surface area (Å²) in [5.74, 6) is 0.123. The first kappa shape index (κ1) is 16.8. The summed E-state index contributed by atoms with van der Waals surface area (Å²) in [6.07, 6.45) is 2.08. The van der Waals surface area contributed by atoms with Gasteiger partial charge in [0.1, 0.15) is 0 Å². The van der Waals surface area contributed by atoms with Crippen LogP contribution in [0.25, 0.3) is 5.57 Å². The Kier molecular flexibility index (Phi) is 4.55. The zero-order valence-electron chi connectivity index (χ0n) is 14.7. The van der Waals surface area contributed by atoms with E-state index >= 15 is 0 Å². The highest BCUT2D eigenvalue weighted by molar-refractivity contribution is 7.98. The van der Waals surface area contributed by atoms with E-state index in [0.29, 0.717) is 6.54 Å². The van der Waals surface area contributed by atoms with E-state index in [-0.39, 0.29) is 11.4 Å². The van der Waals surface area contributed by atoms with Crippen molar-refractivity contribution in [3.05, 3.63) is 71.3 Å². The zero-order valence-corrected chi connectivity index (χ0v) is 15.5. The van der Waals surface area contributed by atoms with Gasteiger partial charge in [0, 0.05) is 17.0 Å². The third-order valence-electron chi connectivity index (χ3n) is 4.79. The largest absolute Gasteiger partial charge is 0.325 e. The lowest BCUT2D eigenvalue weighted by molar-refractivity contribution is -0.128. The summed E-state index contributed by atoms with van der Waals surface area (Å²) >= 11 is 1.73. The van der Waals surface area contributed by atoms with E-state index in [4.69, 9.17) is 0 Å². The Morgan fingerprint density at radius 2 is 1.75 bits per heavy atom. The lowest BCUT2D eigenvalue weighted by Gasteiger charge is -2.37. The van der Waals surface area contributed by atoms with E-state index in [9.17, 15) is 4.79 Å². The predicted molar refractivity (Wildman–Crippen MR) is 102 cm³/mol. The van der Waals surface area contributed by atoms with Gasteiger partial charge in [0.2, 0.25) is 0 Å². The minimum atomic E-state index is -0.347. The SMILES string of the molecule is CSc1cccc(C(C)(C)N2CC(C)=C(c3ccccc3)C2=O)c1. The fourth-order valence-electron chi connectivity index (χ4n) is 3.29. The second-order valence-electron chi connectivity index (χ2n) is 6.70. The molecule has 124 valence electrons. The number of carbonyl (C=O) groups excluding carboxylic acids is 1. The first-order valence-corrected chi connectivity index (χ1v) is 9.39. The number of rotatable bonds is 4. The maximum absolute atomic E-state index is 13.2. The highest BCUT2D eigenvalue weighted by Gasteiger charge is 2.39. The van der Waals surface area contributed by atoms with Crippen LogP contribution >= 0.6 is 11.8 Å². The summed E-state index contributed by atoms with van der Waals surface area (Å²) in [5, 5.41) is 0. The molecule has 0 aliphatic carbocycles. The van der Waals surface area contributed by atoms with E-state index in [1.165, 1.54) is 10.5 Å². The summed E-state index contributed by atoms with van der Waals surface area (Å²) < 4.78 is 0. The highest BCUT2D eigenvalue weighted by Crippen LogP contribution is 2.38. The van der Waals surface area contributed by atoms with E-state index < -0.39 is 0 Å². The van der Waals surface area contributed by atoms with Crippen LogP contribution in [0.3, 0.4) is 0 Å². The third kappa shape index (κ3) is 2.89. The number of amides is 1. The van der Waals surface area contributed by atoms with Crippen molar-refractivity contribution in [3.63, 3.8) is 0 Å². The lowest BCUT2D eigenvalue weighted by atomic mass is 9.92. The van der Waals surface area contributed by atoms with Crippen molar-refractivity contribution < 1.29 is 4.79 Å². The van der Waals surface area contributed by atoms with Crippen LogP contribution in [0.1, 0.15) is 31.9 Å². The molecule has 1 heterocycles. The van der Waals surface area contributed by atoms with Gasteiger partial charge in [-0.1, -0.05) is 42.5 Å². The molecule has 2 aromatic carbocycles. The molecule has 0 radical (unpaired) electrons. The quantitative estimate of drug-likeness (QED) is 0.735. The predicted octanol–water partition coefficient (Wildman–Crippen LogP) is 4.96. The van der Waals surface area contributed by atoms with E-state index in [2.05, 4.69) is 51.3 Å². The van der Waals surface area contributed by atoms with Crippen LogP contribution in [0.15, 0.2) is 65.1 Å². The van der Waals surface area contributed by atoms with Gasteiger partial charge in [-0.05, 0) is 55.9 Å². The minimum Gasteiger partial charge on any atom is -0.325 e. The molecule has 24 heavy (non-hydrogen) atoms. The second kappa shape index (κ2) is 6.48. The monoisotopic (exact) mass is 337 g/mol. The molecule has 0 aromatic heterocycles. The van der Waals surface area contributed by atoms with Crippen molar-refractivity contribution in [1.29, 1.82) is 0 Å². The molecule has 0 fully saturated rings. The second-order valence-corrected chi connectivity index (χ2v) is 7.58. The Balaban J connectivity index is 1.95. The lowest BCUT2D eigenvalue weighted by Crippen LogP contribution is -2.43. The number of thioether (sulfide) groups is 1. The maximum Gasteiger partial charge on any atom is 0.255 e. The van der Waals surface area contributed by atoms with Crippen LogP contribution < -0.4 is 0 Å². The van der Waals surface area contributed by atoms with Crippen molar-refractivity contribution >= 4 is 23.2 Å². The van der Waals surface area contributed by atoms with Gasteiger partial charge in [-0.25, -0.2) is 0 Å². The molecule has 2 aromatic rings. The number of hydrogen-bond donors (Lipinski definition) is 0. The summed E-state index contributed by atoms with van der Waals surface area (Å²) in [6.45, 7) is 7.01. The number of hydrogen-bond acceptors (Lipinski definition) is 2. The van der Waals surface area contributed by atoms with Crippen LogP contribution in [0.4, 0.5) is 0 Å². The molecule has 0 spiro atoms. The molecule has 1 aliphatic rings. The Labute approximate surface area is 148 Å². The maximum atomic E-state index is 13.2. The van der Waals surface area contributed by atoms with Gasteiger partial charge >= 0.3 is 0 Å². The molecule has 2 nitrogen and oxygen atoms in total. The molecular weight excluding hydrogens is 314 g/mol. The number of carbonyl (C=O) groups is 1. The Morgan fingerprint density at radius 1 is 1.04 bits per heavy atom. The molecule has 0 bridgehead atoms. The first-order valence-electron chi connectivity index (χ1n) is 8.17. The Bertz CT molecular complexity index is 792. The first-order chi connectivity index (χ1) is 11.4. The number of benzene rings is 2. The van der Waals surface area contributed by atoms with E-state index in [0.717, 1.165) is 16.7 Å². The Hall–Kier alpha value is -2.00. The fraction of sp³-hybridized carbons (Fsp3) is 0.286. The molecule has 0 unspecified atom stereocenters. The standard InChI is InChI=1S/C21H23NOS/c1-15-14-22(20(23)19(15)16-9-6-5-7-10-16)21(2,3)17-11-8-12-18(13-17)24-4/h5-13H,14H2,1-4H3. The van der Waals surface area contributed by atoms with E-state index in [1.807, 2.05) is 35.2 Å². The highest BCUT2D eigenvalue weighted by atomic mass is 32.2. The van der Waals surface area contributed by atoms with Crippen molar-refractivity contribution in [2.75, 3.05) is 12.8 Å². The van der Waals surface area contributed by atoms with Gasteiger partial charge in [-0.15, -0.1) is 11.8 Å². The van der Waals surface area contributed by atoms with Gasteiger partial charge in [-0.3, -0.25) is 4.79 Å². The van der Waals surface area contributed by atoms with Crippen LogP contribution in [-0.2, 0) is 10.3 Å². The van der Waals surface area contributed by atoms with Gasteiger partial charge in [0.05, 0.1) is 5.54 Å². The molecule has 1 amide bonds.